The average molecular weight is 323 g/mol. The number of rotatable bonds is 5. The van der Waals surface area contributed by atoms with Crippen LogP contribution in [0.25, 0.3) is 0 Å². The third-order valence-corrected chi connectivity index (χ3v) is 5.47. The highest BCUT2D eigenvalue weighted by atomic mass is 32.1. The molecule has 22 heavy (non-hydrogen) atoms. The van der Waals surface area contributed by atoms with Crippen LogP contribution < -0.4 is 10.6 Å². The number of carbonyl (C=O) groups is 1. The first-order chi connectivity index (χ1) is 10.8. The Morgan fingerprint density at radius 2 is 2.36 bits per heavy atom. The number of hydrogen-bond acceptors (Lipinski definition) is 5. The summed E-state index contributed by atoms with van der Waals surface area (Å²) in [5, 5.41) is 8.60. The molecule has 0 bridgehead atoms. The molecule has 1 aromatic rings. The van der Waals surface area contributed by atoms with Crippen molar-refractivity contribution in [1.29, 1.82) is 0 Å². The molecule has 2 atom stereocenters. The van der Waals surface area contributed by atoms with Crippen molar-refractivity contribution in [1.82, 2.24) is 15.5 Å². The highest BCUT2D eigenvalue weighted by molar-refractivity contribution is 7.10. The van der Waals surface area contributed by atoms with E-state index in [9.17, 15) is 4.79 Å². The van der Waals surface area contributed by atoms with Gasteiger partial charge in [-0.15, -0.1) is 11.3 Å². The van der Waals surface area contributed by atoms with E-state index < -0.39 is 0 Å². The predicted octanol–water partition coefficient (Wildman–Crippen LogP) is 1.24. The summed E-state index contributed by atoms with van der Waals surface area (Å²) in [5.41, 5.74) is 0. The largest absolute Gasteiger partial charge is 0.379 e. The van der Waals surface area contributed by atoms with Gasteiger partial charge >= 0.3 is 0 Å². The summed E-state index contributed by atoms with van der Waals surface area (Å²) in [5.74, 6) is 0.324. The Balaban J connectivity index is 1.58. The number of carbonyl (C=O) groups excluding carboxylic acids is 1. The Morgan fingerprint density at radius 1 is 1.50 bits per heavy atom. The molecule has 1 unspecified atom stereocenters. The maximum Gasteiger partial charge on any atom is 0.224 e. The van der Waals surface area contributed by atoms with Crippen molar-refractivity contribution in [3.63, 3.8) is 0 Å². The zero-order valence-corrected chi connectivity index (χ0v) is 13.7. The zero-order valence-electron chi connectivity index (χ0n) is 12.9. The molecule has 0 radical (unpaired) electrons. The summed E-state index contributed by atoms with van der Waals surface area (Å²) in [4.78, 5) is 16.1. The number of amides is 1. The lowest BCUT2D eigenvalue weighted by Crippen LogP contribution is -2.46. The minimum absolute atomic E-state index is 0.127. The first-order valence-corrected chi connectivity index (χ1v) is 9.06. The molecule has 2 aliphatic heterocycles. The van der Waals surface area contributed by atoms with Crippen molar-refractivity contribution in [2.24, 2.45) is 5.92 Å². The molecule has 3 rings (SSSR count). The Morgan fingerprint density at radius 3 is 3.05 bits per heavy atom. The van der Waals surface area contributed by atoms with Gasteiger partial charge in [0.1, 0.15) is 0 Å². The van der Waals surface area contributed by atoms with Crippen LogP contribution in [0.15, 0.2) is 17.5 Å². The molecule has 1 aromatic heterocycles. The lowest BCUT2D eigenvalue weighted by molar-refractivity contribution is -0.125. The van der Waals surface area contributed by atoms with Gasteiger partial charge in [0.25, 0.3) is 0 Å². The third-order valence-electron chi connectivity index (χ3n) is 4.50. The third kappa shape index (κ3) is 4.07. The smallest absolute Gasteiger partial charge is 0.224 e. The van der Waals surface area contributed by atoms with Gasteiger partial charge in [0, 0.05) is 31.1 Å². The molecule has 0 aliphatic carbocycles. The SMILES string of the molecule is O=C(NCC(c1cccs1)N1CCOCC1)[C@@H]1CCCNC1. The van der Waals surface area contributed by atoms with Crippen LogP contribution in [-0.4, -0.2) is 56.7 Å². The van der Waals surface area contributed by atoms with Crippen LogP contribution in [0, 0.1) is 5.92 Å². The van der Waals surface area contributed by atoms with Crippen molar-refractivity contribution in [3.8, 4) is 0 Å². The van der Waals surface area contributed by atoms with Crippen LogP contribution in [0.5, 0.6) is 0 Å². The quantitative estimate of drug-likeness (QED) is 0.856. The van der Waals surface area contributed by atoms with E-state index in [1.54, 1.807) is 11.3 Å². The molecule has 2 aliphatic rings. The lowest BCUT2D eigenvalue weighted by Gasteiger charge is -2.34. The summed E-state index contributed by atoms with van der Waals surface area (Å²) in [7, 11) is 0. The number of thiophene rings is 1. The van der Waals surface area contributed by atoms with Crippen LogP contribution in [0.3, 0.4) is 0 Å². The fourth-order valence-corrected chi connectivity index (χ4v) is 4.06. The highest BCUT2D eigenvalue weighted by Gasteiger charge is 2.26. The second kappa shape index (κ2) is 8.06. The van der Waals surface area contributed by atoms with Gasteiger partial charge in [0.05, 0.1) is 25.2 Å². The van der Waals surface area contributed by atoms with Crippen LogP contribution in [0.2, 0.25) is 0 Å². The van der Waals surface area contributed by atoms with Gasteiger partial charge in [-0.25, -0.2) is 0 Å². The number of ether oxygens (including phenoxy) is 1. The summed E-state index contributed by atoms with van der Waals surface area (Å²) in [6, 6.07) is 4.52. The van der Waals surface area contributed by atoms with Crippen molar-refractivity contribution in [3.05, 3.63) is 22.4 Å². The standard InChI is InChI=1S/C16H25N3O2S/c20-16(13-3-1-5-17-11-13)18-12-14(15-4-2-10-22-15)19-6-8-21-9-7-19/h2,4,10,13-14,17H,1,3,5-9,11-12H2,(H,18,20)/t13-,14?/m1/s1. The number of nitrogens with zero attached hydrogens (tertiary/aromatic N) is 1. The van der Waals surface area contributed by atoms with Gasteiger partial charge < -0.3 is 15.4 Å². The van der Waals surface area contributed by atoms with E-state index in [1.165, 1.54) is 4.88 Å². The van der Waals surface area contributed by atoms with E-state index in [1.807, 2.05) is 0 Å². The van der Waals surface area contributed by atoms with Crippen molar-refractivity contribution in [2.75, 3.05) is 45.9 Å². The van der Waals surface area contributed by atoms with Crippen molar-refractivity contribution >= 4 is 17.2 Å². The topological polar surface area (TPSA) is 53.6 Å². The summed E-state index contributed by atoms with van der Waals surface area (Å²) in [6.07, 6.45) is 2.09. The number of piperidine rings is 1. The van der Waals surface area contributed by atoms with Crippen molar-refractivity contribution < 1.29 is 9.53 Å². The molecule has 2 N–H and O–H groups in total. The van der Waals surface area contributed by atoms with Gasteiger partial charge in [-0.3, -0.25) is 9.69 Å². The van der Waals surface area contributed by atoms with Gasteiger partial charge in [-0.05, 0) is 30.8 Å². The van der Waals surface area contributed by atoms with Crippen molar-refractivity contribution in [2.45, 2.75) is 18.9 Å². The maximum absolute atomic E-state index is 12.4. The summed E-state index contributed by atoms with van der Waals surface area (Å²) >= 11 is 1.77. The minimum atomic E-state index is 0.127. The normalized spacial score (nSPS) is 24.8. The Hall–Kier alpha value is -0.950. The molecule has 3 heterocycles. The highest BCUT2D eigenvalue weighted by Crippen LogP contribution is 2.25. The summed E-state index contributed by atoms with van der Waals surface area (Å²) < 4.78 is 5.45. The van der Waals surface area contributed by atoms with E-state index in [-0.39, 0.29) is 17.9 Å². The average Bonchev–Trinajstić information content (AvgIpc) is 3.11. The van der Waals surface area contributed by atoms with Crippen LogP contribution in [-0.2, 0) is 9.53 Å². The lowest BCUT2D eigenvalue weighted by atomic mass is 9.99. The van der Waals surface area contributed by atoms with Gasteiger partial charge in [0.15, 0.2) is 0 Å². The van der Waals surface area contributed by atoms with E-state index in [4.69, 9.17) is 4.74 Å². The molecule has 2 fully saturated rings. The second-order valence-electron chi connectivity index (χ2n) is 5.97. The van der Waals surface area contributed by atoms with Crippen LogP contribution in [0.1, 0.15) is 23.8 Å². The molecule has 5 nitrogen and oxygen atoms in total. The number of morpholine rings is 1. The van der Waals surface area contributed by atoms with Gasteiger partial charge in [-0.2, -0.15) is 0 Å². The molecule has 1 amide bonds. The van der Waals surface area contributed by atoms with Crippen LogP contribution >= 0.6 is 11.3 Å². The van der Waals surface area contributed by atoms with Crippen LogP contribution in [0.4, 0.5) is 0 Å². The van der Waals surface area contributed by atoms with E-state index in [0.717, 1.165) is 52.2 Å². The fraction of sp³-hybridized carbons (Fsp3) is 0.688. The Labute approximate surface area is 136 Å². The zero-order chi connectivity index (χ0) is 15.2. The van der Waals surface area contributed by atoms with E-state index >= 15 is 0 Å². The molecular weight excluding hydrogens is 298 g/mol. The molecule has 122 valence electrons. The predicted molar refractivity (Wildman–Crippen MR) is 88.1 cm³/mol. The van der Waals surface area contributed by atoms with Gasteiger partial charge in [0.2, 0.25) is 5.91 Å². The number of nitrogens with one attached hydrogen (secondary N) is 2. The fourth-order valence-electron chi connectivity index (χ4n) is 3.20. The molecule has 0 aromatic carbocycles. The minimum Gasteiger partial charge on any atom is -0.379 e. The molecule has 2 saturated heterocycles. The molecule has 6 heteroatoms. The Bertz CT molecular complexity index is 454. The first-order valence-electron chi connectivity index (χ1n) is 8.18. The summed E-state index contributed by atoms with van der Waals surface area (Å²) in [6.45, 7) is 5.97. The first kappa shape index (κ1) is 15.9. The number of hydrogen-bond donors (Lipinski definition) is 2. The second-order valence-corrected chi connectivity index (χ2v) is 6.95. The van der Waals surface area contributed by atoms with E-state index in [0.29, 0.717) is 6.54 Å². The van der Waals surface area contributed by atoms with Gasteiger partial charge in [-0.1, -0.05) is 6.07 Å². The molecular formula is C16H25N3O2S. The Kier molecular flexibility index (Phi) is 5.83. The monoisotopic (exact) mass is 323 g/mol. The molecule has 0 spiro atoms. The van der Waals surface area contributed by atoms with E-state index in [2.05, 4.69) is 33.0 Å². The molecule has 0 saturated carbocycles. The maximum atomic E-state index is 12.4.